The normalized spacial score (nSPS) is 18.2. The topological polar surface area (TPSA) is 21.3 Å². The molecule has 0 aromatic heterocycles. The van der Waals surface area contributed by atoms with Gasteiger partial charge in [0.25, 0.3) is 0 Å². The lowest BCUT2D eigenvalue weighted by Gasteiger charge is -2.21. The van der Waals surface area contributed by atoms with Gasteiger partial charge in [0.15, 0.2) is 0 Å². The maximum Gasteiger partial charge on any atom is 0.119 e. The van der Waals surface area contributed by atoms with Crippen LogP contribution < -0.4 is 10.1 Å². The van der Waals surface area contributed by atoms with E-state index < -0.39 is 0 Å². The zero-order valence-corrected chi connectivity index (χ0v) is 12.3. The summed E-state index contributed by atoms with van der Waals surface area (Å²) in [6, 6.07) is 9.11. The third kappa shape index (κ3) is 4.87. The van der Waals surface area contributed by atoms with Crippen LogP contribution in [0.2, 0.25) is 0 Å². The Labute approximate surface area is 117 Å². The van der Waals surface area contributed by atoms with E-state index >= 15 is 0 Å². The largest absolute Gasteiger partial charge is 0.493 e. The average Bonchev–Trinajstić information content (AvgIpc) is 2.47. The molecule has 1 saturated carbocycles. The molecule has 0 heterocycles. The van der Waals surface area contributed by atoms with E-state index in [2.05, 4.69) is 36.5 Å². The van der Waals surface area contributed by atoms with E-state index in [-0.39, 0.29) is 0 Å². The maximum atomic E-state index is 5.92. The van der Waals surface area contributed by atoms with Gasteiger partial charge in [-0.3, -0.25) is 0 Å². The van der Waals surface area contributed by atoms with Crippen molar-refractivity contribution in [2.24, 2.45) is 5.92 Å². The number of ether oxygens (including phenoxy) is 1. The molecule has 1 fully saturated rings. The van der Waals surface area contributed by atoms with E-state index in [1.807, 2.05) is 7.05 Å². The second kappa shape index (κ2) is 7.54. The predicted molar refractivity (Wildman–Crippen MR) is 80.7 cm³/mol. The Morgan fingerprint density at radius 3 is 2.47 bits per heavy atom. The van der Waals surface area contributed by atoms with Gasteiger partial charge in [0.05, 0.1) is 6.61 Å². The number of nitrogens with one attached hydrogen (secondary N) is 1. The molecule has 1 aliphatic rings. The smallest absolute Gasteiger partial charge is 0.119 e. The van der Waals surface area contributed by atoms with Crippen LogP contribution in [0, 0.1) is 5.92 Å². The molecule has 0 spiro atoms. The van der Waals surface area contributed by atoms with Crippen LogP contribution in [-0.2, 0) is 6.42 Å². The fraction of sp³-hybridized carbons (Fsp3) is 0.647. The summed E-state index contributed by atoms with van der Waals surface area (Å²) in [4.78, 5) is 0. The van der Waals surface area contributed by atoms with Crippen LogP contribution >= 0.6 is 0 Å². The van der Waals surface area contributed by atoms with Crippen LogP contribution in [0.15, 0.2) is 24.3 Å². The van der Waals surface area contributed by atoms with Crippen LogP contribution in [-0.4, -0.2) is 19.7 Å². The van der Waals surface area contributed by atoms with Gasteiger partial charge < -0.3 is 10.1 Å². The standard InChI is InChI=1S/C17H27NO/c1-14(18-2)12-15-8-10-17(11-9-15)19-13-16-6-4-3-5-7-16/h8-11,14,16,18H,3-7,12-13H2,1-2H3. The monoisotopic (exact) mass is 261 g/mol. The molecule has 106 valence electrons. The first-order valence-corrected chi connectivity index (χ1v) is 7.67. The zero-order chi connectivity index (χ0) is 13.5. The van der Waals surface area contributed by atoms with E-state index in [0.29, 0.717) is 6.04 Å². The molecule has 1 N–H and O–H groups in total. The first-order chi connectivity index (χ1) is 9.28. The van der Waals surface area contributed by atoms with Gasteiger partial charge in [-0.05, 0) is 56.8 Å². The van der Waals surface area contributed by atoms with Crippen molar-refractivity contribution < 1.29 is 4.74 Å². The third-order valence-corrected chi connectivity index (χ3v) is 4.17. The molecular weight excluding hydrogens is 234 g/mol. The van der Waals surface area contributed by atoms with Gasteiger partial charge in [-0.1, -0.05) is 31.4 Å². The second-order valence-corrected chi connectivity index (χ2v) is 5.85. The van der Waals surface area contributed by atoms with Crippen molar-refractivity contribution in [2.45, 2.75) is 51.5 Å². The average molecular weight is 261 g/mol. The molecule has 1 aromatic carbocycles. The van der Waals surface area contributed by atoms with Crippen LogP contribution in [0.25, 0.3) is 0 Å². The Kier molecular flexibility index (Phi) is 5.71. The molecule has 0 saturated heterocycles. The van der Waals surface area contributed by atoms with Crippen molar-refractivity contribution in [3.63, 3.8) is 0 Å². The van der Waals surface area contributed by atoms with Crippen LogP contribution in [0.4, 0.5) is 0 Å². The minimum absolute atomic E-state index is 0.522. The lowest BCUT2D eigenvalue weighted by molar-refractivity contribution is 0.209. The summed E-state index contributed by atoms with van der Waals surface area (Å²) in [7, 11) is 2.01. The molecule has 19 heavy (non-hydrogen) atoms. The third-order valence-electron chi connectivity index (χ3n) is 4.17. The predicted octanol–water partition coefficient (Wildman–Crippen LogP) is 3.80. The fourth-order valence-corrected chi connectivity index (χ4v) is 2.75. The molecule has 1 atom stereocenters. The van der Waals surface area contributed by atoms with Gasteiger partial charge in [0, 0.05) is 6.04 Å². The van der Waals surface area contributed by atoms with Gasteiger partial charge in [0.2, 0.25) is 0 Å². The Balaban J connectivity index is 1.77. The van der Waals surface area contributed by atoms with Crippen molar-refractivity contribution in [2.75, 3.05) is 13.7 Å². The number of hydrogen-bond donors (Lipinski definition) is 1. The molecule has 0 amide bonds. The molecule has 1 unspecified atom stereocenters. The quantitative estimate of drug-likeness (QED) is 0.841. The Morgan fingerprint density at radius 2 is 1.84 bits per heavy atom. The number of benzene rings is 1. The van der Waals surface area contributed by atoms with Gasteiger partial charge in [0.1, 0.15) is 5.75 Å². The van der Waals surface area contributed by atoms with Crippen LogP contribution in [0.1, 0.15) is 44.6 Å². The van der Waals surface area contributed by atoms with E-state index in [4.69, 9.17) is 4.74 Å². The molecule has 0 bridgehead atoms. The van der Waals surface area contributed by atoms with Crippen molar-refractivity contribution in [1.29, 1.82) is 0 Å². The van der Waals surface area contributed by atoms with Crippen LogP contribution in [0.3, 0.4) is 0 Å². The lowest BCUT2D eigenvalue weighted by atomic mass is 9.90. The number of likely N-dealkylation sites (N-methyl/N-ethyl adjacent to an activating group) is 1. The summed E-state index contributed by atoms with van der Waals surface area (Å²) < 4.78 is 5.92. The highest BCUT2D eigenvalue weighted by molar-refractivity contribution is 5.27. The Bertz CT molecular complexity index is 354. The Morgan fingerprint density at radius 1 is 1.16 bits per heavy atom. The van der Waals surface area contributed by atoms with Gasteiger partial charge in [-0.2, -0.15) is 0 Å². The second-order valence-electron chi connectivity index (χ2n) is 5.85. The highest BCUT2D eigenvalue weighted by atomic mass is 16.5. The zero-order valence-electron chi connectivity index (χ0n) is 12.3. The summed E-state index contributed by atoms with van der Waals surface area (Å²) in [5, 5.41) is 3.26. The number of hydrogen-bond acceptors (Lipinski definition) is 2. The van der Waals surface area contributed by atoms with E-state index in [1.165, 1.54) is 37.7 Å². The molecule has 2 rings (SSSR count). The summed E-state index contributed by atoms with van der Waals surface area (Å²) in [6.45, 7) is 3.10. The molecular formula is C17H27NO. The van der Waals surface area contributed by atoms with E-state index in [9.17, 15) is 0 Å². The van der Waals surface area contributed by atoms with Gasteiger partial charge >= 0.3 is 0 Å². The Hall–Kier alpha value is -1.02. The molecule has 0 aliphatic heterocycles. The summed E-state index contributed by atoms with van der Waals surface area (Å²) >= 11 is 0. The van der Waals surface area contributed by atoms with Crippen molar-refractivity contribution >= 4 is 0 Å². The van der Waals surface area contributed by atoms with Crippen molar-refractivity contribution in [3.05, 3.63) is 29.8 Å². The van der Waals surface area contributed by atoms with Crippen molar-refractivity contribution in [1.82, 2.24) is 5.32 Å². The van der Waals surface area contributed by atoms with E-state index in [1.54, 1.807) is 0 Å². The minimum atomic E-state index is 0.522. The summed E-state index contributed by atoms with van der Waals surface area (Å²) in [5.41, 5.74) is 1.37. The lowest BCUT2D eigenvalue weighted by Crippen LogP contribution is -2.23. The first-order valence-electron chi connectivity index (χ1n) is 7.67. The van der Waals surface area contributed by atoms with Gasteiger partial charge in [-0.15, -0.1) is 0 Å². The SMILES string of the molecule is CNC(C)Cc1ccc(OCC2CCCCC2)cc1. The minimum Gasteiger partial charge on any atom is -0.493 e. The van der Waals surface area contributed by atoms with Crippen molar-refractivity contribution in [3.8, 4) is 5.75 Å². The highest BCUT2D eigenvalue weighted by Crippen LogP contribution is 2.24. The molecule has 2 heteroatoms. The maximum absolute atomic E-state index is 5.92. The summed E-state index contributed by atoms with van der Waals surface area (Å²) in [6.07, 6.45) is 7.94. The van der Waals surface area contributed by atoms with E-state index in [0.717, 1.165) is 24.7 Å². The molecule has 0 radical (unpaired) electrons. The van der Waals surface area contributed by atoms with Gasteiger partial charge in [-0.25, -0.2) is 0 Å². The molecule has 2 nitrogen and oxygen atoms in total. The first kappa shape index (κ1) is 14.4. The van der Waals surface area contributed by atoms with Crippen LogP contribution in [0.5, 0.6) is 5.75 Å². The number of rotatable bonds is 6. The molecule has 1 aliphatic carbocycles. The fourth-order valence-electron chi connectivity index (χ4n) is 2.75. The molecule has 1 aromatic rings. The summed E-state index contributed by atoms with van der Waals surface area (Å²) in [5.74, 6) is 1.80. The highest BCUT2D eigenvalue weighted by Gasteiger charge is 2.13.